The maximum Gasteiger partial charge on any atom is 0.229 e. The largest absolute Gasteiger partial charge is 0.426 e. The number of nitrogens with zero attached hydrogens (tertiary/aromatic N) is 2. The summed E-state index contributed by atoms with van der Waals surface area (Å²) < 4.78 is 5.01. The van der Waals surface area contributed by atoms with Crippen molar-refractivity contribution >= 4 is 22.7 Å². The summed E-state index contributed by atoms with van der Waals surface area (Å²) in [6.07, 6.45) is 0. The molecule has 3 nitrogen and oxygen atoms in total. The van der Waals surface area contributed by atoms with E-state index < -0.39 is 0 Å². The minimum Gasteiger partial charge on any atom is -0.426 e. The van der Waals surface area contributed by atoms with Crippen LogP contribution >= 0.6 is 11.6 Å². The Morgan fingerprint density at radius 2 is 2.33 bits per heavy atom. The van der Waals surface area contributed by atoms with E-state index in [4.69, 9.17) is 21.3 Å². The molecule has 2 heterocycles. The monoisotopic (exact) mass is 178 g/mol. The van der Waals surface area contributed by atoms with Crippen molar-refractivity contribution in [3.63, 3.8) is 0 Å². The lowest BCUT2D eigenvalue weighted by molar-refractivity contribution is 0.605. The maximum atomic E-state index is 8.52. The van der Waals surface area contributed by atoms with Gasteiger partial charge in [-0.2, -0.15) is 5.26 Å². The fourth-order valence-corrected chi connectivity index (χ4v) is 1.14. The van der Waals surface area contributed by atoms with Crippen LogP contribution in [0.3, 0.4) is 0 Å². The lowest BCUT2D eigenvalue weighted by atomic mass is 10.3. The summed E-state index contributed by atoms with van der Waals surface area (Å²) in [5.74, 6) is 0. The van der Waals surface area contributed by atoms with Gasteiger partial charge in [0.15, 0.2) is 5.22 Å². The number of aromatic nitrogens is 1. The number of fused-ring (bicyclic) bond motifs is 1. The van der Waals surface area contributed by atoms with E-state index in [1.54, 1.807) is 18.2 Å². The molecule has 0 bridgehead atoms. The molecule has 0 saturated heterocycles. The van der Waals surface area contributed by atoms with Gasteiger partial charge in [-0.05, 0) is 23.7 Å². The molecule has 2 aromatic heterocycles. The van der Waals surface area contributed by atoms with E-state index in [1.807, 2.05) is 6.07 Å². The summed E-state index contributed by atoms with van der Waals surface area (Å²) in [4.78, 5) is 3.90. The Hall–Kier alpha value is -1.53. The lowest BCUT2D eigenvalue weighted by Gasteiger charge is -1.86. The summed E-state index contributed by atoms with van der Waals surface area (Å²) in [6, 6.07) is 6.94. The number of hydrogen-bond acceptors (Lipinski definition) is 3. The first kappa shape index (κ1) is 7.14. The summed E-state index contributed by atoms with van der Waals surface area (Å²) in [5, 5.41) is 9.61. The van der Waals surface area contributed by atoms with Gasteiger partial charge in [0.05, 0.1) is 0 Å². The molecule has 12 heavy (non-hydrogen) atoms. The third-order valence-electron chi connectivity index (χ3n) is 1.47. The molecular weight excluding hydrogens is 176 g/mol. The topological polar surface area (TPSA) is 49.8 Å². The molecule has 4 heteroatoms. The van der Waals surface area contributed by atoms with Gasteiger partial charge in [0.2, 0.25) is 5.71 Å². The summed E-state index contributed by atoms with van der Waals surface area (Å²) in [6.45, 7) is 0. The van der Waals surface area contributed by atoms with Gasteiger partial charge in [-0.25, -0.2) is 4.98 Å². The molecule has 0 fully saturated rings. The van der Waals surface area contributed by atoms with Crippen LogP contribution in [0.1, 0.15) is 5.69 Å². The molecule has 2 aromatic rings. The van der Waals surface area contributed by atoms with E-state index in [-0.39, 0.29) is 5.22 Å². The van der Waals surface area contributed by atoms with Crippen LogP contribution in [-0.2, 0) is 0 Å². The Morgan fingerprint density at radius 3 is 3.08 bits per heavy atom. The molecule has 0 radical (unpaired) electrons. The van der Waals surface area contributed by atoms with Crippen LogP contribution in [-0.4, -0.2) is 4.98 Å². The molecule has 0 atom stereocenters. The van der Waals surface area contributed by atoms with Gasteiger partial charge in [0.25, 0.3) is 0 Å². The minimum absolute atomic E-state index is 0.285. The number of rotatable bonds is 0. The third-order valence-corrected chi connectivity index (χ3v) is 1.65. The molecule has 0 spiro atoms. The number of pyridine rings is 1. The summed E-state index contributed by atoms with van der Waals surface area (Å²) >= 11 is 5.59. The Morgan fingerprint density at radius 1 is 1.50 bits per heavy atom. The molecule has 0 N–H and O–H groups in total. The van der Waals surface area contributed by atoms with Gasteiger partial charge in [-0.15, -0.1) is 0 Å². The van der Waals surface area contributed by atoms with Crippen molar-refractivity contribution in [2.24, 2.45) is 0 Å². The molecule has 0 amide bonds. The van der Waals surface area contributed by atoms with Crippen LogP contribution in [0.2, 0.25) is 5.22 Å². The average Bonchev–Trinajstić information content (AvgIpc) is 2.43. The van der Waals surface area contributed by atoms with Crippen molar-refractivity contribution in [3.05, 3.63) is 29.1 Å². The second-order valence-electron chi connectivity index (χ2n) is 2.25. The number of furan rings is 1. The van der Waals surface area contributed by atoms with Crippen molar-refractivity contribution in [1.82, 2.24) is 4.98 Å². The van der Waals surface area contributed by atoms with Crippen LogP contribution < -0.4 is 0 Å². The Bertz CT molecular complexity index is 469. The maximum absolute atomic E-state index is 8.52. The van der Waals surface area contributed by atoms with E-state index in [9.17, 15) is 0 Å². The summed E-state index contributed by atoms with van der Waals surface area (Å²) in [7, 11) is 0. The van der Waals surface area contributed by atoms with Crippen molar-refractivity contribution < 1.29 is 4.42 Å². The van der Waals surface area contributed by atoms with E-state index in [2.05, 4.69) is 4.98 Å². The van der Waals surface area contributed by atoms with Gasteiger partial charge >= 0.3 is 0 Å². The molecule has 0 aliphatic heterocycles. The summed E-state index contributed by atoms with van der Waals surface area (Å²) in [5.41, 5.74) is 0.729. The van der Waals surface area contributed by atoms with E-state index >= 15 is 0 Å². The van der Waals surface area contributed by atoms with Crippen molar-refractivity contribution in [1.29, 1.82) is 5.26 Å². The predicted octanol–water partition coefficient (Wildman–Crippen LogP) is 2.35. The average molecular weight is 179 g/mol. The fraction of sp³-hybridized carbons (Fsp3) is 0. The molecule has 0 saturated carbocycles. The first-order chi connectivity index (χ1) is 5.79. The predicted molar refractivity (Wildman–Crippen MR) is 43.7 cm³/mol. The number of hydrogen-bond donors (Lipinski definition) is 0. The normalized spacial score (nSPS) is 10.0. The standard InChI is InChI=1S/C8H3ClN2O/c9-7-3-5-1-2-6(4-10)11-8(5)12-7/h1-3H. The smallest absolute Gasteiger partial charge is 0.229 e. The zero-order valence-electron chi connectivity index (χ0n) is 5.91. The molecule has 0 aliphatic carbocycles. The fourth-order valence-electron chi connectivity index (χ4n) is 0.949. The van der Waals surface area contributed by atoms with Crippen molar-refractivity contribution in [3.8, 4) is 6.07 Å². The zero-order valence-corrected chi connectivity index (χ0v) is 6.67. The first-order valence-corrected chi connectivity index (χ1v) is 3.63. The Labute approximate surface area is 73.2 Å². The Kier molecular flexibility index (Phi) is 1.49. The van der Waals surface area contributed by atoms with Gasteiger partial charge in [-0.3, -0.25) is 0 Å². The second-order valence-corrected chi connectivity index (χ2v) is 2.63. The molecule has 58 valence electrons. The van der Waals surface area contributed by atoms with Crippen molar-refractivity contribution in [2.45, 2.75) is 0 Å². The molecule has 2 rings (SSSR count). The van der Waals surface area contributed by atoms with Crippen LogP contribution in [0.15, 0.2) is 22.6 Å². The van der Waals surface area contributed by atoms with Crippen molar-refractivity contribution in [2.75, 3.05) is 0 Å². The van der Waals surface area contributed by atoms with Crippen LogP contribution in [0, 0.1) is 11.3 Å². The number of halogens is 1. The SMILES string of the molecule is N#Cc1ccc2cc(Cl)oc2n1. The molecule has 0 unspecified atom stereocenters. The molecule has 0 aliphatic rings. The zero-order chi connectivity index (χ0) is 8.55. The third kappa shape index (κ3) is 1.03. The highest BCUT2D eigenvalue weighted by Crippen LogP contribution is 2.20. The Balaban J connectivity index is 2.77. The van der Waals surface area contributed by atoms with Crippen LogP contribution in [0.5, 0.6) is 0 Å². The minimum atomic E-state index is 0.285. The highest BCUT2D eigenvalue weighted by Gasteiger charge is 2.02. The quantitative estimate of drug-likeness (QED) is 0.622. The molecule has 0 aromatic carbocycles. The first-order valence-electron chi connectivity index (χ1n) is 3.26. The van der Waals surface area contributed by atoms with Gasteiger partial charge in [0, 0.05) is 11.5 Å². The number of nitriles is 1. The van der Waals surface area contributed by atoms with E-state index in [1.165, 1.54) is 0 Å². The van der Waals surface area contributed by atoms with Crippen LogP contribution in [0.25, 0.3) is 11.1 Å². The van der Waals surface area contributed by atoms with Gasteiger partial charge in [0.1, 0.15) is 11.8 Å². The van der Waals surface area contributed by atoms with Gasteiger partial charge < -0.3 is 4.42 Å². The highest BCUT2D eigenvalue weighted by atomic mass is 35.5. The van der Waals surface area contributed by atoms with E-state index in [0.717, 1.165) is 5.39 Å². The van der Waals surface area contributed by atoms with E-state index in [0.29, 0.717) is 11.4 Å². The second kappa shape index (κ2) is 2.50. The molecular formula is C8H3ClN2O. The van der Waals surface area contributed by atoms with Crippen LogP contribution in [0.4, 0.5) is 0 Å². The van der Waals surface area contributed by atoms with Gasteiger partial charge in [-0.1, -0.05) is 0 Å². The highest BCUT2D eigenvalue weighted by molar-refractivity contribution is 6.29. The lowest BCUT2D eigenvalue weighted by Crippen LogP contribution is -1.79.